The maximum atomic E-state index is 13.1. The molecule has 7 heteroatoms. The molecule has 0 aliphatic carbocycles. The van der Waals surface area contributed by atoms with Gasteiger partial charge in [0, 0.05) is 17.9 Å². The van der Waals surface area contributed by atoms with E-state index in [0.29, 0.717) is 4.88 Å². The number of thiophene rings is 1. The van der Waals surface area contributed by atoms with Crippen LogP contribution in [0, 0.1) is 12.7 Å². The standard InChI is InChI=1S/C20H24FNO4S/c1-12-11-16(27-17(12)13-5-7-14(21)8-6-13)18(23)22-15(19(24)25)9-10-26-20(2,3)4/h5-8,11,15H,9-10H2,1-4H3,(H,22,23)(H,24,25). The van der Waals surface area contributed by atoms with Gasteiger partial charge < -0.3 is 15.2 Å². The van der Waals surface area contributed by atoms with E-state index in [2.05, 4.69) is 5.32 Å². The highest BCUT2D eigenvalue weighted by Gasteiger charge is 2.23. The molecule has 1 atom stereocenters. The monoisotopic (exact) mass is 393 g/mol. The first-order chi connectivity index (χ1) is 12.6. The summed E-state index contributed by atoms with van der Waals surface area (Å²) in [5.74, 6) is -1.87. The van der Waals surface area contributed by atoms with Gasteiger partial charge in [0.05, 0.1) is 10.5 Å². The van der Waals surface area contributed by atoms with Gasteiger partial charge in [-0.2, -0.15) is 0 Å². The molecule has 0 aliphatic rings. The Hall–Kier alpha value is -2.25. The van der Waals surface area contributed by atoms with Crippen LogP contribution in [0.3, 0.4) is 0 Å². The fourth-order valence-corrected chi connectivity index (χ4v) is 3.53. The molecule has 1 unspecified atom stereocenters. The smallest absolute Gasteiger partial charge is 0.326 e. The Balaban J connectivity index is 2.08. The van der Waals surface area contributed by atoms with Crippen molar-refractivity contribution in [3.8, 4) is 10.4 Å². The Morgan fingerprint density at radius 2 is 1.89 bits per heavy atom. The molecule has 2 rings (SSSR count). The van der Waals surface area contributed by atoms with Crippen molar-refractivity contribution in [2.45, 2.75) is 45.8 Å². The molecule has 0 saturated heterocycles. The lowest BCUT2D eigenvalue weighted by atomic mass is 10.1. The molecule has 0 spiro atoms. The maximum Gasteiger partial charge on any atom is 0.326 e. The Kier molecular flexibility index (Phi) is 6.73. The van der Waals surface area contributed by atoms with Gasteiger partial charge in [-0.25, -0.2) is 9.18 Å². The first-order valence-corrected chi connectivity index (χ1v) is 9.42. The Morgan fingerprint density at radius 3 is 2.44 bits per heavy atom. The number of carboxylic acid groups (broad SMARTS) is 1. The molecule has 0 radical (unpaired) electrons. The maximum absolute atomic E-state index is 13.1. The molecule has 1 amide bonds. The van der Waals surface area contributed by atoms with Gasteiger partial charge in [0.15, 0.2) is 0 Å². The molecule has 2 N–H and O–H groups in total. The Morgan fingerprint density at radius 1 is 1.26 bits per heavy atom. The number of amides is 1. The van der Waals surface area contributed by atoms with E-state index in [1.54, 1.807) is 18.2 Å². The van der Waals surface area contributed by atoms with E-state index >= 15 is 0 Å². The molecular formula is C20H24FNO4S. The van der Waals surface area contributed by atoms with Crippen molar-refractivity contribution < 1.29 is 23.8 Å². The van der Waals surface area contributed by atoms with Gasteiger partial charge in [-0.05, 0) is 57.0 Å². The van der Waals surface area contributed by atoms with Crippen molar-refractivity contribution in [1.82, 2.24) is 5.32 Å². The van der Waals surface area contributed by atoms with Crippen LogP contribution in [0.15, 0.2) is 30.3 Å². The van der Waals surface area contributed by atoms with Crippen molar-refractivity contribution in [1.29, 1.82) is 0 Å². The first-order valence-electron chi connectivity index (χ1n) is 8.61. The van der Waals surface area contributed by atoms with E-state index in [1.807, 2.05) is 27.7 Å². The SMILES string of the molecule is Cc1cc(C(=O)NC(CCOC(C)(C)C)C(=O)O)sc1-c1ccc(F)cc1. The molecule has 0 saturated carbocycles. The summed E-state index contributed by atoms with van der Waals surface area (Å²) in [6, 6.07) is 6.72. The van der Waals surface area contributed by atoms with E-state index in [1.165, 1.54) is 23.5 Å². The summed E-state index contributed by atoms with van der Waals surface area (Å²) in [5.41, 5.74) is 1.31. The third-order valence-electron chi connectivity index (χ3n) is 3.79. The van der Waals surface area contributed by atoms with Crippen molar-refractivity contribution in [3.63, 3.8) is 0 Å². The molecular weight excluding hydrogens is 369 g/mol. The van der Waals surface area contributed by atoms with Crippen molar-refractivity contribution in [2.75, 3.05) is 6.61 Å². The van der Waals surface area contributed by atoms with E-state index in [4.69, 9.17) is 4.74 Å². The average Bonchev–Trinajstić information content (AvgIpc) is 2.95. The number of carbonyl (C=O) groups is 2. The van der Waals surface area contributed by atoms with Gasteiger partial charge in [-0.15, -0.1) is 11.3 Å². The number of nitrogens with one attached hydrogen (secondary N) is 1. The number of carbonyl (C=O) groups excluding carboxylic acids is 1. The normalized spacial score (nSPS) is 12.6. The van der Waals surface area contributed by atoms with E-state index in [0.717, 1.165) is 16.0 Å². The molecule has 27 heavy (non-hydrogen) atoms. The van der Waals surface area contributed by atoms with Crippen molar-refractivity contribution in [2.24, 2.45) is 0 Å². The highest BCUT2D eigenvalue weighted by atomic mass is 32.1. The number of aliphatic carboxylic acids is 1. The van der Waals surface area contributed by atoms with Crippen LogP contribution in [0.25, 0.3) is 10.4 Å². The van der Waals surface area contributed by atoms with Crippen LogP contribution in [0.5, 0.6) is 0 Å². The lowest BCUT2D eigenvalue weighted by Crippen LogP contribution is -2.41. The average molecular weight is 393 g/mol. The fraction of sp³-hybridized carbons (Fsp3) is 0.400. The summed E-state index contributed by atoms with van der Waals surface area (Å²) < 4.78 is 18.6. The zero-order valence-electron chi connectivity index (χ0n) is 15.8. The molecule has 5 nitrogen and oxygen atoms in total. The number of hydrogen-bond donors (Lipinski definition) is 2. The Labute approximate surface area is 162 Å². The molecule has 2 aromatic rings. The first kappa shape index (κ1) is 21.1. The van der Waals surface area contributed by atoms with E-state index in [9.17, 15) is 19.1 Å². The summed E-state index contributed by atoms with van der Waals surface area (Å²) in [4.78, 5) is 25.2. The summed E-state index contributed by atoms with van der Waals surface area (Å²) >= 11 is 1.25. The van der Waals surface area contributed by atoms with Crippen LogP contribution < -0.4 is 5.32 Å². The van der Waals surface area contributed by atoms with Crippen LogP contribution in [0.4, 0.5) is 4.39 Å². The van der Waals surface area contributed by atoms with Crippen LogP contribution in [0.2, 0.25) is 0 Å². The number of aryl methyl sites for hydroxylation is 1. The third-order valence-corrected chi connectivity index (χ3v) is 5.08. The predicted molar refractivity (Wildman–Crippen MR) is 104 cm³/mol. The number of rotatable bonds is 7. The van der Waals surface area contributed by atoms with Crippen LogP contribution in [0.1, 0.15) is 42.4 Å². The van der Waals surface area contributed by atoms with Crippen LogP contribution >= 0.6 is 11.3 Å². The van der Waals surface area contributed by atoms with Crippen molar-refractivity contribution in [3.05, 3.63) is 46.6 Å². The second-order valence-electron chi connectivity index (χ2n) is 7.24. The van der Waals surface area contributed by atoms with Crippen LogP contribution in [-0.4, -0.2) is 35.2 Å². The van der Waals surface area contributed by atoms with Gasteiger partial charge >= 0.3 is 5.97 Å². The fourth-order valence-electron chi connectivity index (χ4n) is 2.45. The third kappa shape index (κ3) is 6.15. The lowest BCUT2D eigenvalue weighted by Gasteiger charge is -2.21. The molecule has 1 aromatic heterocycles. The van der Waals surface area contributed by atoms with E-state index < -0.39 is 17.9 Å². The lowest BCUT2D eigenvalue weighted by molar-refractivity contribution is -0.140. The number of hydrogen-bond acceptors (Lipinski definition) is 4. The van der Waals surface area contributed by atoms with E-state index in [-0.39, 0.29) is 24.4 Å². The number of carboxylic acids is 1. The quantitative estimate of drug-likeness (QED) is 0.737. The summed E-state index contributed by atoms with van der Waals surface area (Å²) in [7, 11) is 0. The minimum absolute atomic E-state index is 0.174. The van der Waals surface area contributed by atoms with Gasteiger partial charge in [-0.1, -0.05) is 12.1 Å². The van der Waals surface area contributed by atoms with Gasteiger partial charge in [0.1, 0.15) is 11.9 Å². The molecule has 0 aliphatic heterocycles. The minimum Gasteiger partial charge on any atom is -0.480 e. The second-order valence-corrected chi connectivity index (χ2v) is 8.30. The van der Waals surface area contributed by atoms with Gasteiger partial charge in [0.25, 0.3) is 5.91 Å². The van der Waals surface area contributed by atoms with Crippen molar-refractivity contribution >= 4 is 23.2 Å². The molecule has 1 heterocycles. The molecule has 146 valence electrons. The zero-order valence-corrected chi connectivity index (χ0v) is 16.7. The topological polar surface area (TPSA) is 75.6 Å². The van der Waals surface area contributed by atoms with Gasteiger partial charge in [0.2, 0.25) is 0 Å². The number of halogens is 1. The predicted octanol–water partition coefficient (Wildman–Crippen LogP) is 4.25. The molecule has 0 fully saturated rings. The summed E-state index contributed by atoms with van der Waals surface area (Å²) in [6.45, 7) is 7.73. The second kappa shape index (κ2) is 8.63. The molecule has 0 bridgehead atoms. The minimum atomic E-state index is -1.10. The zero-order chi connectivity index (χ0) is 20.2. The molecule has 1 aromatic carbocycles. The van der Waals surface area contributed by atoms with Gasteiger partial charge in [-0.3, -0.25) is 4.79 Å². The Bertz CT molecular complexity index is 808. The largest absolute Gasteiger partial charge is 0.480 e. The highest BCUT2D eigenvalue weighted by Crippen LogP contribution is 2.32. The summed E-state index contributed by atoms with van der Waals surface area (Å²) in [5, 5.41) is 11.9. The number of ether oxygens (including phenoxy) is 1. The number of benzene rings is 1. The van der Waals surface area contributed by atoms with Crippen LogP contribution in [-0.2, 0) is 9.53 Å². The highest BCUT2D eigenvalue weighted by molar-refractivity contribution is 7.17. The summed E-state index contributed by atoms with van der Waals surface area (Å²) in [6.07, 6.45) is 0.174.